The summed E-state index contributed by atoms with van der Waals surface area (Å²) in [4.78, 5) is 26.8. The standard InChI is InChI=1S/C22H22N2O4/c1-27-19-8-6-16(7-9-19)22(26)17-10-12-24(13-11-17)21(25)15-28-20-5-3-2-4-18(20)14-23/h2-9,17H,10-13,15H2,1H3. The zero-order valence-corrected chi connectivity index (χ0v) is 15.8. The molecule has 2 aromatic carbocycles. The minimum Gasteiger partial charge on any atom is -0.497 e. The van der Waals surface area contributed by atoms with Gasteiger partial charge in [0.1, 0.15) is 17.6 Å². The van der Waals surface area contributed by atoms with Gasteiger partial charge in [-0.05, 0) is 49.2 Å². The average molecular weight is 378 g/mol. The molecule has 1 amide bonds. The number of amides is 1. The van der Waals surface area contributed by atoms with Crippen LogP contribution in [0.15, 0.2) is 48.5 Å². The van der Waals surface area contributed by atoms with Gasteiger partial charge < -0.3 is 14.4 Å². The third kappa shape index (κ3) is 4.49. The minimum absolute atomic E-state index is 0.0855. The first-order valence-corrected chi connectivity index (χ1v) is 9.20. The van der Waals surface area contributed by atoms with Gasteiger partial charge in [0, 0.05) is 24.6 Å². The number of ether oxygens (including phenoxy) is 2. The number of likely N-dealkylation sites (tertiary alicyclic amines) is 1. The summed E-state index contributed by atoms with van der Waals surface area (Å²) in [5, 5.41) is 9.07. The summed E-state index contributed by atoms with van der Waals surface area (Å²) in [6.07, 6.45) is 1.26. The molecule has 28 heavy (non-hydrogen) atoms. The molecule has 2 aromatic rings. The highest BCUT2D eigenvalue weighted by molar-refractivity contribution is 5.98. The fourth-order valence-electron chi connectivity index (χ4n) is 3.30. The first kappa shape index (κ1) is 19.4. The number of carbonyl (C=O) groups excluding carboxylic acids is 2. The molecule has 0 aromatic heterocycles. The second-order valence-electron chi connectivity index (χ2n) is 6.64. The predicted octanol–water partition coefficient (Wildman–Crippen LogP) is 3.07. The van der Waals surface area contributed by atoms with Crippen LogP contribution in [0.25, 0.3) is 0 Å². The lowest BCUT2D eigenvalue weighted by Gasteiger charge is -2.31. The molecule has 1 saturated heterocycles. The summed E-state index contributed by atoms with van der Waals surface area (Å²) in [6.45, 7) is 0.930. The fraction of sp³-hybridized carbons (Fsp3) is 0.318. The number of nitriles is 1. The molecule has 1 aliphatic heterocycles. The van der Waals surface area contributed by atoms with E-state index >= 15 is 0 Å². The summed E-state index contributed by atoms with van der Waals surface area (Å²) in [6, 6.07) is 16.0. The van der Waals surface area contributed by atoms with Crippen LogP contribution in [0.2, 0.25) is 0 Å². The van der Waals surface area contributed by atoms with Crippen molar-refractivity contribution in [3.8, 4) is 17.6 Å². The van der Waals surface area contributed by atoms with Crippen LogP contribution in [0.1, 0.15) is 28.8 Å². The molecule has 1 fully saturated rings. The number of methoxy groups -OCH3 is 1. The van der Waals surface area contributed by atoms with Crippen LogP contribution in [0.4, 0.5) is 0 Å². The van der Waals surface area contributed by atoms with Crippen LogP contribution in [0, 0.1) is 17.2 Å². The number of carbonyl (C=O) groups is 2. The van der Waals surface area contributed by atoms with E-state index in [0.29, 0.717) is 42.8 Å². The van der Waals surface area contributed by atoms with Crippen molar-refractivity contribution in [1.82, 2.24) is 4.90 Å². The SMILES string of the molecule is COc1ccc(C(=O)C2CCN(C(=O)COc3ccccc3C#N)CC2)cc1. The molecule has 0 aliphatic carbocycles. The molecule has 144 valence electrons. The van der Waals surface area contributed by atoms with Gasteiger partial charge in [-0.2, -0.15) is 5.26 Å². The van der Waals surface area contributed by atoms with E-state index in [-0.39, 0.29) is 24.2 Å². The highest BCUT2D eigenvalue weighted by Crippen LogP contribution is 2.23. The molecular formula is C22H22N2O4. The molecule has 0 N–H and O–H groups in total. The number of nitrogens with zero attached hydrogens (tertiary/aromatic N) is 2. The highest BCUT2D eigenvalue weighted by Gasteiger charge is 2.28. The van der Waals surface area contributed by atoms with Crippen molar-refractivity contribution in [2.24, 2.45) is 5.92 Å². The van der Waals surface area contributed by atoms with Crippen LogP contribution in [0.3, 0.4) is 0 Å². The zero-order chi connectivity index (χ0) is 19.9. The Hall–Kier alpha value is -3.33. The van der Waals surface area contributed by atoms with E-state index in [1.54, 1.807) is 60.5 Å². The predicted molar refractivity (Wildman–Crippen MR) is 103 cm³/mol. The largest absolute Gasteiger partial charge is 0.497 e. The van der Waals surface area contributed by atoms with Crippen molar-refractivity contribution < 1.29 is 19.1 Å². The molecular weight excluding hydrogens is 356 g/mol. The molecule has 0 bridgehead atoms. The number of ketones is 1. The smallest absolute Gasteiger partial charge is 0.260 e. The molecule has 3 rings (SSSR count). The van der Waals surface area contributed by atoms with Gasteiger partial charge in [-0.15, -0.1) is 0 Å². The molecule has 1 heterocycles. The number of Topliss-reactive ketones (excluding diaryl/α,β-unsaturated/α-hetero) is 1. The zero-order valence-electron chi connectivity index (χ0n) is 15.8. The molecule has 0 saturated carbocycles. The number of benzene rings is 2. The Morgan fingerprint density at radius 1 is 1.11 bits per heavy atom. The number of hydrogen-bond donors (Lipinski definition) is 0. The van der Waals surface area contributed by atoms with E-state index in [4.69, 9.17) is 14.7 Å². The molecule has 0 atom stereocenters. The minimum atomic E-state index is -0.136. The Balaban J connectivity index is 1.51. The Labute approximate surface area is 164 Å². The van der Waals surface area contributed by atoms with E-state index in [9.17, 15) is 9.59 Å². The summed E-state index contributed by atoms with van der Waals surface area (Å²) < 4.78 is 10.6. The summed E-state index contributed by atoms with van der Waals surface area (Å²) >= 11 is 0. The van der Waals surface area contributed by atoms with Gasteiger partial charge in [0.25, 0.3) is 5.91 Å². The van der Waals surface area contributed by atoms with Gasteiger partial charge >= 0.3 is 0 Å². The first-order chi connectivity index (χ1) is 13.6. The van der Waals surface area contributed by atoms with E-state index < -0.39 is 0 Å². The Kier molecular flexibility index (Phi) is 6.28. The topological polar surface area (TPSA) is 79.6 Å². The third-order valence-corrected chi connectivity index (χ3v) is 4.95. The van der Waals surface area contributed by atoms with E-state index in [2.05, 4.69) is 0 Å². The van der Waals surface area contributed by atoms with Crippen LogP contribution in [0.5, 0.6) is 11.5 Å². The van der Waals surface area contributed by atoms with Crippen molar-refractivity contribution in [3.05, 3.63) is 59.7 Å². The lowest BCUT2D eigenvalue weighted by atomic mass is 9.89. The number of rotatable bonds is 6. The average Bonchev–Trinajstić information content (AvgIpc) is 2.77. The summed E-state index contributed by atoms with van der Waals surface area (Å²) in [5.41, 5.74) is 1.07. The van der Waals surface area contributed by atoms with Crippen molar-refractivity contribution in [2.75, 3.05) is 26.8 Å². The van der Waals surface area contributed by atoms with E-state index in [0.717, 1.165) is 5.75 Å². The second kappa shape index (κ2) is 9.05. The third-order valence-electron chi connectivity index (χ3n) is 4.95. The van der Waals surface area contributed by atoms with Gasteiger partial charge in [-0.3, -0.25) is 9.59 Å². The second-order valence-corrected chi connectivity index (χ2v) is 6.64. The maximum Gasteiger partial charge on any atom is 0.260 e. The highest BCUT2D eigenvalue weighted by atomic mass is 16.5. The summed E-state index contributed by atoms with van der Waals surface area (Å²) in [5.74, 6) is 1.01. The molecule has 0 radical (unpaired) electrons. The normalized spacial score (nSPS) is 14.2. The van der Waals surface area contributed by atoms with Crippen LogP contribution < -0.4 is 9.47 Å². The molecule has 0 unspecified atom stereocenters. The lowest BCUT2D eigenvalue weighted by molar-refractivity contribution is -0.134. The fourth-order valence-corrected chi connectivity index (χ4v) is 3.30. The maximum absolute atomic E-state index is 12.7. The van der Waals surface area contributed by atoms with Gasteiger partial charge in [0.15, 0.2) is 12.4 Å². The van der Waals surface area contributed by atoms with Crippen LogP contribution in [-0.4, -0.2) is 43.4 Å². The van der Waals surface area contributed by atoms with Crippen molar-refractivity contribution >= 4 is 11.7 Å². The van der Waals surface area contributed by atoms with E-state index in [1.807, 2.05) is 6.07 Å². The Morgan fingerprint density at radius 3 is 2.43 bits per heavy atom. The van der Waals surface area contributed by atoms with Crippen LogP contribution >= 0.6 is 0 Å². The molecule has 6 nitrogen and oxygen atoms in total. The molecule has 6 heteroatoms. The maximum atomic E-state index is 12.7. The monoisotopic (exact) mass is 378 g/mol. The lowest BCUT2D eigenvalue weighted by Crippen LogP contribution is -2.42. The van der Waals surface area contributed by atoms with Crippen LogP contribution in [-0.2, 0) is 4.79 Å². The molecule has 0 spiro atoms. The van der Waals surface area contributed by atoms with Crippen molar-refractivity contribution in [1.29, 1.82) is 5.26 Å². The van der Waals surface area contributed by atoms with E-state index in [1.165, 1.54) is 0 Å². The van der Waals surface area contributed by atoms with Gasteiger partial charge in [-0.25, -0.2) is 0 Å². The number of hydrogen-bond acceptors (Lipinski definition) is 5. The van der Waals surface area contributed by atoms with Gasteiger partial charge in [-0.1, -0.05) is 12.1 Å². The van der Waals surface area contributed by atoms with Crippen molar-refractivity contribution in [3.63, 3.8) is 0 Å². The number of para-hydroxylation sites is 1. The first-order valence-electron chi connectivity index (χ1n) is 9.20. The Morgan fingerprint density at radius 2 is 1.79 bits per heavy atom. The summed E-state index contributed by atoms with van der Waals surface area (Å²) in [7, 11) is 1.59. The number of piperidine rings is 1. The van der Waals surface area contributed by atoms with Gasteiger partial charge in [0.2, 0.25) is 0 Å². The Bertz CT molecular complexity index is 878. The van der Waals surface area contributed by atoms with Gasteiger partial charge in [0.05, 0.1) is 12.7 Å². The quantitative estimate of drug-likeness (QED) is 0.722. The van der Waals surface area contributed by atoms with Crippen molar-refractivity contribution in [2.45, 2.75) is 12.8 Å². The molecule has 1 aliphatic rings.